The van der Waals surface area contributed by atoms with E-state index in [-0.39, 0.29) is 18.6 Å². The van der Waals surface area contributed by atoms with E-state index in [1.54, 1.807) is 4.90 Å². The number of carbonyl (C=O) groups excluding carboxylic acids is 1. The van der Waals surface area contributed by atoms with Crippen molar-refractivity contribution < 1.29 is 14.3 Å². The quantitative estimate of drug-likeness (QED) is 0.749. The molecule has 2 aliphatic heterocycles. The lowest BCUT2D eigenvalue weighted by Crippen LogP contribution is -2.43. The summed E-state index contributed by atoms with van der Waals surface area (Å²) in [5.41, 5.74) is 0.861. The van der Waals surface area contributed by atoms with Gasteiger partial charge in [-0.2, -0.15) is 0 Å². The van der Waals surface area contributed by atoms with Gasteiger partial charge in [0.1, 0.15) is 5.75 Å². The standard InChI is InChI=1S/C14H16INO3/c1-9-2-4-11(19-9)7-16-12-5-3-10(15)6-13(12)18-8-14(16)17/h3,5-6,9,11H,2,4,7-8H2,1H3. The van der Waals surface area contributed by atoms with Crippen molar-refractivity contribution in [3.05, 3.63) is 21.8 Å². The first-order valence-electron chi connectivity index (χ1n) is 6.51. The van der Waals surface area contributed by atoms with Gasteiger partial charge in [-0.05, 0) is 60.6 Å². The molecule has 102 valence electrons. The molecule has 0 radical (unpaired) electrons. The SMILES string of the molecule is CC1CCC(CN2C(=O)COc3cc(I)ccc32)O1. The van der Waals surface area contributed by atoms with Crippen LogP contribution in [0.15, 0.2) is 18.2 Å². The number of anilines is 1. The highest BCUT2D eigenvalue weighted by Gasteiger charge is 2.31. The molecule has 2 heterocycles. The summed E-state index contributed by atoms with van der Waals surface area (Å²) in [5, 5.41) is 0. The summed E-state index contributed by atoms with van der Waals surface area (Å²) < 4.78 is 12.4. The van der Waals surface area contributed by atoms with E-state index in [1.807, 2.05) is 18.2 Å². The van der Waals surface area contributed by atoms with Crippen LogP contribution in [0.4, 0.5) is 5.69 Å². The number of ether oxygens (including phenoxy) is 2. The van der Waals surface area contributed by atoms with Crippen LogP contribution >= 0.6 is 22.6 Å². The van der Waals surface area contributed by atoms with Gasteiger partial charge in [0.25, 0.3) is 5.91 Å². The number of nitrogens with zero attached hydrogens (tertiary/aromatic N) is 1. The summed E-state index contributed by atoms with van der Waals surface area (Å²) in [6.07, 6.45) is 2.54. The minimum absolute atomic E-state index is 0.0110. The normalized spacial score (nSPS) is 26.2. The summed E-state index contributed by atoms with van der Waals surface area (Å²) in [6, 6.07) is 5.91. The maximum atomic E-state index is 12.1. The van der Waals surface area contributed by atoms with E-state index in [9.17, 15) is 4.79 Å². The first-order chi connectivity index (χ1) is 9.13. The second-order valence-electron chi connectivity index (χ2n) is 5.05. The second kappa shape index (κ2) is 5.28. The monoisotopic (exact) mass is 373 g/mol. The Morgan fingerprint density at radius 1 is 1.42 bits per heavy atom. The minimum atomic E-state index is 0.0110. The molecule has 2 unspecified atom stereocenters. The Morgan fingerprint density at radius 2 is 2.26 bits per heavy atom. The molecule has 0 aromatic heterocycles. The van der Waals surface area contributed by atoms with Gasteiger partial charge in [0.15, 0.2) is 6.61 Å². The largest absolute Gasteiger partial charge is 0.482 e. The van der Waals surface area contributed by atoms with E-state index in [1.165, 1.54) is 0 Å². The number of amides is 1. The number of benzene rings is 1. The molecule has 1 aromatic carbocycles. The summed E-state index contributed by atoms with van der Waals surface area (Å²) in [5.74, 6) is 0.800. The van der Waals surface area contributed by atoms with Gasteiger partial charge in [-0.25, -0.2) is 0 Å². The van der Waals surface area contributed by atoms with E-state index >= 15 is 0 Å². The van der Waals surface area contributed by atoms with Crippen LogP contribution in [0.5, 0.6) is 5.75 Å². The molecule has 0 spiro atoms. The Balaban J connectivity index is 1.82. The van der Waals surface area contributed by atoms with Crippen molar-refractivity contribution in [2.45, 2.75) is 32.0 Å². The van der Waals surface area contributed by atoms with Gasteiger partial charge in [0.05, 0.1) is 24.4 Å². The molecular weight excluding hydrogens is 357 g/mol. The molecule has 0 saturated carbocycles. The second-order valence-corrected chi connectivity index (χ2v) is 6.30. The Bertz CT molecular complexity index is 505. The summed E-state index contributed by atoms with van der Waals surface area (Å²) in [6.45, 7) is 2.83. The molecular formula is C14H16INO3. The fourth-order valence-electron chi connectivity index (χ4n) is 2.60. The lowest BCUT2D eigenvalue weighted by molar-refractivity contribution is -0.121. The summed E-state index contributed by atoms with van der Waals surface area (Å²) >= 11 is 2.24. The first kappa shape index (κ1) is 13.2. The third kappa shape index (κ3) is 2.72. The first-order valence-corrected chi connectivity index (χ1v) is 7.59. The van der Waals surface area contributed by atoms with E-state index in [0.717, 1.165) is 27.8 Å². The number of rotatable bonds is 2. The van der Waals surface area contributed by atoms with Crippen LogP contribution in [0.1, 0.15) is 19.8 Å². The van der Waals surface area contributed by atoms with Crippen molar-refractivity contribution in [1.82, 2.24) is 0 Å². The fourth-order valence-corrected chi connectivity index (χ4v) is 3.06. The van der Waals surface area contributed by atoms with Crippen molar-refractivity contribution in [2.24, 2.45) is 0 Å². The number of hydrogen-bond acceptors (Lipinski definition) is 3. The average molecular weight is 373 g/mol. The maximum absolute atomic E-state index is 12.1. The minimum Gasteiger partial charge on any atom is -0.482 e. The van der Waals surface area contributed by atoms with Crippen molar-refractivity contribution in [2.75, 3.05) is 18.1 Å². The van der Waals surface area contributed by atoms with Gasteiger partial charge >= 0.3 is 0 Å². The molecule has 1 saturated heterocycles. The van der Waals surface area contributed by atoms with Gasteiger partial charge in [0.2, 0.25) is 0 Å². The van der Waals surface area contributed by atoms with Gasteiger partial charge in [-0.3, -0.25) is 4.79 Å². The maximum Gasteiger partial charge on any atom is 0.265 e. The van der Waals surface area contributed by atoms with E-state index < -0.39 is 0 Å². The van der Waals surface area contributed by atoms with Crippen LogP contribution in [-0.2, 0) is 9.53 Å². The number of carbonyl (C=O) groups is 1. The van der Waals surface area contributed by atoms with E-state index in [2.05, 4.69) is 29.5 Å². The zero-order chi connectivity index (χ0) is 13.4. The molecule has 4 nitrogen and oxygen atoms in total. The van der Waals surface area contributed by atoms with Crippen LogP contribution in [0.3, 0.4) is 0 Å². The van der Waals surface area contributed by atoms with Gasteiger partial charge < -0.3 is 14.4 Å². The number of hydrogen-bond donors (Lipinski definition) is 0. The predicted molar refractivity (Wildman–Crippen MR) is 80.6 cm³/mol. The molecule has 1 aromatic rings. The van der Waals surface area contributed by atoms with Crippen LogP contribution in [0, 0.1) is 3.57 Å². The Hall–Kier alpha value is -0.820. The Kier molecular flexibility index (Phi) is 3.66. The molecule has 19 heavy (non-hydrogen) atoms. The van der Waals surface area contributed by atoms with Crippen molar-refractivity contribution in [3.63, 3.8) is 0 Å². The van der Waals surface area contributed by atoms with Gasteiger partial charge in [-0.1, -0.05) is 0 Å². The molecule has 5 heteroatoms. The topological polar surface area (TPSA) is 38.8 Å². The number of halogens is 1. The molecule has 2 aliphatic rings. The van der Waals surface area contributed by atoms with Crippen LogP contribution in [-0.4, -0.2) is 31.3 Å². The smallest absolute Gasteiger partial charge is 0.265 e. The molecule has 3 rings (SSSR count). The predicted octanol–water partition coefficient (Wildman–Crippen LogP) is 2.58. The lowest BCUT2D eigenvalue weighted by Gasteiger charge is -2.31. The molecule has 0 N–H and O–H groups in total. The average Bonchev–Trinajstić information content (AvgIpc) is 2.78. The van der Waals surface area contributed by atoms with Crippen LogP contribution < -0.4 is 9.64 Å². The number of fused-ring (bicyclic) bond motifs is 1. The van der Waals surface area contributed by atoms with Crippen molar-refractivity contribution in [1.29, 1.82) is 0 Å². The van der Waals surface area contributed by atoms with E-state index in [4.69, 9.17) is 9.47 Å². The molecule has 0 aliphatic carbocycles. The molecule has 1 fully saturated rings. The zero-order valence-corrected chi connectivity index (χ0v) is 12.9. The summed E-state index contributed by atoms with van der Waals surface area (Å²) in [4.78, 5) is 13.9. The van der Waals surface area contributed by atoms with Crippen molar-refractivity contribution in [3.8, 4) is 5.75 Å². The van der Waals surface area contributed by atoms with Crippen LogP contribution in [0.2, 0.25) is 0 Å². The highest BCUT2D eigenvalue weighted by Crippen LogP contribution is 2.34. The van der Waals surface area contributed by atoms with Crippen molar-refractivity contribution >= 4 is 34.2 Å². The van der Waals surface area contributed by atoms with Crippen LogP contribution in [0.25, 0.3) is 0 Å². The Morgan fingerprint density at radius 3 is 3.00 bits per heavy atom. The molecule has 1 amide bonds. The van der Waals surface area contributed by atoms with E-state index in [0.29, 0.717) is 12.6 Å². The third-order valence-electron chi connectivity index (χ3n) is 3.57. The van der Waals surface area contributed by atoms with Gasteiger partial charge in [0, 0.05) is 3.57 Å². The lowest BCUT2D eigenvalue weighted by atomic mass is 10.1. The molecule has 0 bridgehead atoms. The molecule has 2 atom stereocenters. The summed E-state index contributed by atoms with van der Waals surface area (Å²) in [7, 11) is 0. The highest BCUT2D eigenvalue weighted by molar-refractivity contribution is 14.1. The Labute approximate surface area is 126 Å². The third-order valence-corrected chi connectivity index (χ3v) is 4.24. The zero-order valence-electron chi connectivity index (χ0n) is 10.8. The highest BCUT2D eigenvalue weighted by atomic mass is 127. The fraction of sp³-hybridized carbons (Fsp3) is 0.500. The van der Waals surface area contributed by atoms with Gasteiger partial charge in [-0.15, -0.1) is 0 Å².